The highest BCUT2D eigenvalue weighted by Gasteiger charge is 2.31. The Hall–Kier alpha value is 0.01000. The quantitative estimate of drug-likeness (QED) is 0.755. The molecule has 1 aliphatic carbocycles. The molecule has 0 aliphatic heterocycles. The van der Waals surface area contributed by atoms with Crippen molar-refractivity contribution in [2.45, 2.75) is 38.6 Å². The molecule has 0 unspecified atom stereocenters. The summed E-state index contributed by atoms with van der Waals surface area (Å²) >= 11 is 8.18. The van der Waals surface area contributed by atoms with Gasteiger partial charge in [-0.3, -0.25) is 0 Å². The zero-order valence-corrected chi connectivity index (χ0v) is 14.2. The van der Waals surface area contributed by atoms with E-state index < -0.39 is 0 Å². The van der Waals surface area contributed by atoms with E-state index in [0.717, 1.165) is 12.3 Å². The van der Waals surface area contributed by atoms with Crippen LogP contribution in [0.15, 0.2) is 28.7 Å². The van der Waals surface area contributed by atoms with Gasteiger partial charge in [0, 0.05) is 17.6 Å². The van der Waals surface area contributed by atoms with E-state index in [9.17, 15) is 0 Å². The van der Waals surface area contributed by atoms with Crippen molar-refractivity contribution in [3.05, 3.63) is 34.3 Å². The van der Waals surface area contributed by atoms with Gasteiger partial charge in [0.15, 0.2) is 0 Å². The largest absolute Gasteiger partial charge is 0.302 e. The van der Waals surface area contributed by atoms with Crippen LogP contribution < -0.4 is 0 Å². The second-order valence-electron chi connectivity index (χ2n) is 6.02. The third-order valence-corrected chi connectivity index (χ3v) is 5.36. The number of thiol groups is 1. The summed E-state index contributed by atoms with van der Waals surface area (Å²) < 4.78 is 1.17. The number of benzene rings is 1. The molecule has 1 fully saturated rings. The van der Waals surface area contributed by atoms with Crippen molar-refractivity contribution in [3.63, 3.8) is 0 Å². The average molecular weight is 342 g/mol. The van der Waals surface area contributed by atoms with Crippen LogP contribution in [0.3, 0.4) is 0 Å². The molecule has 1 nitrogen and oxygen atoms in total. The zero-order valence-electron chi connectivity index (χ0n) is 11.7. The van der Waals surface area contributed by atoms with Gasteiger partial charge in [-0.05, 0) is 48.8 Å². The second-order valence-corrected chi connectivity index (χ2v) is 7.25. The van der Waals surface area contributed by atoms with Gasteiger partial charge < -0.3 is 4.90 Å². The normalized spacial score (nSPS) is 18.7. The van der Waals surface area contributed by atoms with Crippen LogP contribution in [0.4, 0.5) is 0 Å². The van der Waals surface area contributed by atoms with Crippen LogP contribution in [-0.4, -0.2) is 24.2 Å². The number of hydrogen-bond donors (Lipinski definition) is 1. The summed E-state index contributed by atoms with van der Waals surface area (Å²) in [6.45, 7) is 2.19. The first kappa shape index (κ1) is 15.4. The smallest absolute Gasteiger partial charge is 0.0231 e. The first-order valence-electron chi connectivity index (χ1n) is 7.17. The fourth-order valence-corrected chi connectivity index (χ4v) is 4.11. The van der Waals surface area contributed by atoms with Crippen LogP contribution in [0.25, 0.3) is 0 Å². The minimum absolute atomic E-state index is 0.447. The lowest BCUT2D eigenvalue weighted by molar-refractivity contribution is 0.140. The molecule has 1 aliphatic rings. The number of hydrogen-bond acceptors (Lipinski definition) is 2. The lowest BCUT2D eigenvalue weighted by Gasteiger charge is -2.39. The van der Waals surface area contributed by atoms with Crippen molar-refractivity contribution in [2.24, 2.45) is 5.41 Å². The van der Waals surface area contributed by atoms with Crippen molar-refractivity contribution < 1.29 is 0 Å². The Morgan fingerprint density at radius 3 is 2.63 bits per heavy atom. The highest BCUT2D eigenvalue weighted by atomic mass is 79.9. The maximum Gasteiger partial charge on any atom is 0.0231 e. The van der Waals surface area contributed by atoms with Gasteiger partial charge in [0.25, 0.3) is 0 Å². The molecular formula is C16H24BrNS. The van der Waals surface area contributed by atoms with Gasteiger partial charge >= 0.3 is 0 Å². The number of halogens is 1. The second kappa shape index (κ2) is 7.14. The van der Waals surface area contributed by atoms with E-state index in [0.29, 0.717) is 5.41 Å². The van der Waals surface area contributed by atoms with E-state index in [1.807, 2.05) is 0 Å². The molecule has 0 bridgehead atoms. The molecule has 19 heavy (non-hydrogen) atoms. The average Bonchev–Trinajstić information content (AvgIpc) is 2.39. The molecule has 0 N–H and O–H groups in total. The maximum absolute atomic E-state index is 4.63. The van der Waals surface area contributed by atoms with Gasteiger partial charge in [0.2, 0.25) is 0 Å². The third-order valence-electron chi connectivity index (χ3n) is 4.20. The van der Waals surface area contributed by atoms with E-state index in [1.165, 1.54) is 48.7 Å². The summed E-state index contributed by atoms with van der Waals surface area (Å²) in [7, 11) is 2.24. The van der Waals surface area contributed by atoms with Crippen molar-refractivity contribution in [3.8, 4) is 0 Å². The van der Waals surface area contributed by atoms with Gasteiger partial charge in [-0.25, -0.2) is 0 Å². The summed E-state index contributed by atoms with van der Waals surface area (Å²) in [6.07, 6.45) is 6.86. The summed E-state index contributed by atoms with van der Waals surface area (Å²) in [5, 5.41) is 0. The van der Waals surface area contributed by atoms with Crippen molar-refractivity contribution in [1.82, 2.24) is 4.90 Å². The van der Waals surface area contributed by atoms with Crippen LogP contribution in [0.1, 0.15) is 37.7 Å². The van der Waals surface area contributed by atoms with E-state index in [4.69, 9.17) is 0 Å². The molecular weight excluding hydrogens is 318 g/mol. The van der Waals surface area contributed by atoms with E-state index in [-0.39, 0.29) is 0 Å². The SMILES string of the molecule is CN(Cc1cccc(Br)c1)CC1(CS)CCCCC1. The molecule has 0 spiro atoms. The Bertz CT molecular complexity index is 401. The Balaban J connectivity index is 1.94. The molecule has 0 radical (unpaired) electrons. The predicted octanol–water partition coefficient (Wildman–Crippen LogP) is 4.76. The first-order chi connectivity index (χ1) is 9.13. The van der Waals surface area contributed by atoms with Gasteiger partial charge in [-0.1, -0.05) is 47.3 Å². The van der Waals surface area contributed by atoms with Gasteiger partial charge in [-0.15, -0.1) is 0 Å². The fraction of sp³-hybridized carbons (Fsp3) is 0.625. The number of nitrogens with zero attached hydrogens (tertiary/aromatic N) is 1. The van der Waals surface area contributed by atoms with Crippen molar-refractivity contribution >= 4 is 28.6 Å². The predicted molar refractivity (Wildman–Crippen MR) is 89.8 cm³/mol. The van der Waals surface area contributed by atoms with Crippen molar-refractivity contribution in [1.29, 1.82) is 0 Å². The standard InChI is InChI=1S/C16H24BrNS/c1-18(11-14-6-5-7-15(17)10-14)12-16(13-19)8-3-2-4-9-16/h5-7,10,19H,2-4,8-9,11-13H2,1H3. The van der Waals surface area contributed by atoms with Crippen LogP contribution >= 0.6 is 28.6 Å². The molecule has 0 saturated heterocycles. The molecule has 1 aromatic carbocycles. The van der Waals surface area contributed by atoms with Gasteiger partial charge in [0.05, 0.1) is 0 Å². The minimum Gasteiger partial charge on any atom is -0.302 e. The van der Waals surface area contributed by atoms with Gasteiger partial charge in [0.1, 0.15) is 0 Å². The topological polar surface area (TPSA) is 3.24 Å². The molecule has 0 aromatic heterocycles. The van der Waals surface area contributed by atoms with Crippen LogP contribution in [0, 0.1) is 5.41 Å². The molecule has 1 saturated carbocycles. The highest BCUT2D eigenvalue weighted by molar-refractivity contribution is 9.10. The van der Waals surface area contributed by atoms with Crippen molar-refractivity contribution in [2.75, 3.05) is 19.3 Å². The maximum atomic E-state index is 4.63. The van der Waals surface area contributed by atoms with Crippen LogP contribution in [0.5, 0.6) is 0 Å². The monoisotopic (exact) mass is 341 g/mol. The molecule has 1 aromatic rings. The van der Waals surface area contributed by atoms with E-state index in [2.05, 4.69) is 64.8 Å². The summed E-state index contributed by atoms with van der Waals surface area (Å²) in [5.41, 5.74) is 1.82. The third kappa shape index (κ3) is 4.51. The molecule has 3 heteroatoms. The van der Waals surface area contributed by atoms with Crippen LogP contribution in [0.2, 0.25) is 0 Å². The van der Waals surface area contributed by atoms with E-state index in [1.54, 1.807) is 0 Å². The molecule has 106 valence electrons. The molecule has 2 rings (SSSR count). The van der Waals surface area contributed by atoms with Crippen LogP contribution in [-0.2, 0) is 6.54 Å². The minimum atomic E-state index is 0.447. The zero-order chi connectivity index (χ0) is 13.7. The molecule has 0 atom stereocenters. The molecule has 0 amide bonds. The Kier molecular flexibility index (Phi) is 5.79. The lowest BCUT2D eigenvalue weighted by Crippen LogP contribution is -2.38. The summed E-state index contributed by atoms with van der Waals surface area (Å²) in [6, 6.07) is 8.61. The molecule has 0 heterocycles. The Labute approximate surface area is 131 Å². The first-order valence-corrected chi connectivity index (χ1v) is 8.60. The Morgan fingerprint density at radius 2 is 2.00 bits per heavy atom. The summed E-state index contributed by atoms with van der Waals surface area (Å²) in [4.78, 5) is 2.46. The number of rotatable bonds is 5. The van der Waals surface area contributed by atoms with Gasteiger partial charge in [-0.2, -0.15) is 12.6 Å². The fourth-order valence-electron chi connectivity index (χ4n) is 3.24. The lowest BCUT2D eigenvalue weighted by atomic mass is 9.75. The highest BCUT2D eigenvalue weighted by Crippen LogP contribution is 2.38. The Morgan fingerprint density at radius 1 is 1.26 bits per heavy atom. The van der Waals surface area contributed by atoms with E-state index >= 15 is 0 Å². The summed E-state index contributed by atoms with van der Waals surface area (Å²) in [5.74, 6) is 1.02.